The van der Waals surface area contributed by atoms with Crippen LogP contribution in [0.3, 0.4) is 0 Å². The van der Waals surface area contributed by atoms with Crippen molar-refractivity contribution in [1.82, 2.24) is 30.5 Å². The molecule has 8 heteroatoms. The summed E-state index contributed by atoms with van der Waals surface area (Å²) in [6, 6.07) is 23.9. The van der Waals surface area contributed by atoms with Crippen LogP contribution in [0.1, 0.15) is 41.0 Å². The summed E-state index contributed by atoms with van der Waals surface area (Å²) in [7, 11) is 1.86. The van der Waals surface area contributed by atoms with Gasteiger partial charge in [0.25, 0.3) is 0 Å². The highest BCUT2D eigenvalue weighted by molar-refractivity contribution is 5.90. The minimum absolute atomic E-state index is 0.0341. The van der Waals surface area contributed by atoms with Crippen LogP contribution in [0, 0.1) is 12.8 Å². The Morgan fingerprint density at radius 2 is 1.82 bits per heavy atom. The fraction of sp³-hybridized carbons (Fsp3) is 0.375. The van der Waals surface area contributed by atoms with Crippen molar-refractivity contribution in [3.05, 3.63) is 95.1 Å². The number of carbonyl (C=O) groups is 2. The summed E-state index contributed by atoms with van der Waals surface area (Å²) < 4.78 is 1.73. The van der Waals surface area contributed by atoms with Crippen LogP contribution in [0.5, 0.6) is 0 Å². The first-order valence-corrected chi connectivity index (χ1v) is 14.2. The molecule has 2 N–H and O–H groups in total. The molecule has 4 aromatic rings. The molecule has 0 aliphatic carbocycles. The molecular weight excluding hydrogens is 500 g/mol. The zero-order chi connectivity index (χ0) is 27.6. The third kappa shape index (κ3) is 5.36. The summed E-state index contributed by atoms with van der Waals surface area (Å²) in [6.45, 7) is 3.86. The molecule has 206 valence electrons. The van der Waals surface area contributed by atoms with E-state index in [0.717, 1.165) is 36.0 Å². The Labute approximate surface area is 234 Å². The van der Waals surface area contributed by atoms with Gasteiger partial charge in [0, 0.05) is 26.7 Å². The largest absolute Gasteiger partial charge is 0.350 e. The second kappa shape index (κ2) is 11.2. The number of fused-ring (bicyclic) bond motifs is 1. The average molecular weight is 537 g/mol. The maximum atomic E-state index is 13.9. The molecule has 0 radical (unpaired) electrons. The quantitative estimate of drug-likeness (QED) is 0.377. The lowest BCUT2D eigenvalue weighted by Crippen LogP contribution is -2.51. The Morgan fingerprint density at radius 1 is 1.02 bits per heavy atom. The minimum atomic E-state index is -0.487. The lowest BCUT2D eigenvalue weighted by atomic mass is 9.94. The smallest absolute Gasteiger partial charge is 0.243 e. The number of nitrogens with zero attached hydrogens (tertiary/aromatic N) is 4. The van der Waals surface area contributed by atoms with Gasteiger partial charge in [0.05, 0.1) is 11.6 Å². The first-order chi connectivity index (χ1) is 19.5. The van der Waals surface area contributed by atoms with Crippen molar-refractivity contribution in [3.8, 4) is 0 Å². The predicted octanol–water partition coefficient (Wildman–Crippen LogP) is 3.50. The maximum absolute atomic E-state index is 13.9. The van der Waals surface area contributed by atoms with Crippen LogP contribution in [0.15, 0.2) is 72.8 Å². The van der Waals surface area contributed by atoms with Gasteiger partial charge < -0.3 is 15.5 Å². The van der Waals surface area contributed by atoms with Gasteiger partial charge in [-0.2, -0.15) is 0 Å². The molecule has 6 rings (SSSR count). The van der Waals surface area contributed by atoms with Crippen molar-refractivity contribution < 1.29 is 9.59 Å². The fourth-order valence-corrected chi connectivity index (χ4v) is 6.32. The van der Waals surface area contributed by atoms with Gasteiger partial charge in [0.15, 0.2) is 0 Å². The molecule has 3 aromatic carbocycles. The fourth-order valence-electron chi connectivity index (χ4n) is 6.32. The van der Waals surface area contributed by atoms with E-state index in [0.29, 0.717) is 25.4 Å². The van der Waals surface area contributed by atoms with Crippen molar-refractivity contribution >= 4 is 22.8 Å². The summed E-state index contributed by atoms with van der Waals surface area (Å²) >= 11 is 0. The number of carbonyl (C=O) groups excluding carboxylic acids is 2. The lowest BCUT2D eigenvalue weighted by Gasteiger charge is -2.27. The van der Waals surface area contributed by atoms with Crippen LogP contribution in [-0.4, -0.2) is 56.9 Å². The molecule has 2 fully saturated rings. The number of aromatic nitrogens is 3. The Bertz CT molecular complexity index is 1520. The van der Waals surface area contributed by atoms with Crippen LogP contribution in [0.25, 0.3) is 11.0 Å². The average Bonchev–Trinajstić information content (AvgIpc) is 3.72. The monoisotopic (exact) mass is 536 g/mol. The third-order valence-corrected chi connectivity index (χ3v) is 8.59. The number of hydrogen-bond donors (Lipinski definition) is 2. The molecule has 1 aromatic heterocycles. The molecule has 0 bridgehead atoms. The van der Waals surface area contributed by atoms with E-state index in [9.17, 15) is 9.59 Å². The van der Waals surface area contributed by atoms with Gasteiger partial charge in [0.1, 0.15) is 11.6 Å². The highest BCUT2D eigenvalue weighted by Gasteiger charge is 2.43. The Morgan fingerprint density at radius 3 is 2.65 bits per heavy atom. The summed E-state index contributed by atoms with van der Waals surface area (Å²) in [4.78, 5) is 29.3. The molecule has 2 aliphatic rings. The van der Waals surface area contributed by atoms with E-state index in [4.69, 9.17) is 0 Å². The molecule has 40 heavy (non-hydrogen) atoms. The van der Waals surface area contributed by atoms with E-state index in [1.54, 1.807) is 4.68 Å². The zero-order valence-electron chi connectivity index (χ0n) is 23.1. The number of hydrogen-bond acceptors (Lipinski definition) is 5. The third-order valence-electron chi connectivity index (χ3n) is 8.59. The second-order valence-corrected chi connectivity index (χ2v) is 11.3. The number of nitrogens with one attached hydrogen (secondary N) is 2. The van der Waals surface area contributed by atoms with Crippen LogP contribution in [-0.2, 0) is 29.6 Å². The van der Waals surface area contributed by atoms with E-state index in [1.165, 1.54) is 16.7 Å². The van der Waals surface area contributed by atoms with E-state index in [-0.39, 0.29) is 23.8 Å². The second-order valence-electron chi connectivity index (χ2n) is 11.3. The Balaban J connectivity index is 1.17. The number of benzene rings is 3. The van der Waals surface area contributed by atoms with Crippen LogP contribution in [0.4, 0.5) is 0 Å². The van der Waals surface area contributed by atoms with Crippen molar-refractivity contribution in [3.63, 3.8) is 0 Å². The summed E-state index contributed by atoms with van der Waals surface area (Å²) in [5.41, 5.74) is 6.47. The molecule has 4 atom stereocenters. The van der Waals surface area contributed by atoms with E-state index in [1.807, 2.05) is 54.4 Å². The summed E-state index contributed by atoms with van der Waals surface area (Å²) in [6.07, 6.45) is 2.26. The van der Waals surface area contributed by atoms with Gasteiger partial charge in [-0.15, -0.1) is 5.10 Å². The number of amides is 2. The van der Waals surface area contributed by atoms with Crippen molar-refractivity contribution in [2.24, 2.45) is 13.0 Å². The topological polar surface area (TPSA) is 92.2 Å². The lowest BCUT2D eigenvalue weighted by molar-refractivity contribution is -0.139. The normalized spacial score (nSPS) is 22.6. The standard InChI is InChI=1S/C32H36N6O2/c1-21-8-6-7-11-25(21)14-23-16-30(31(39)34-18-22-12-13-29-27(15-22)35-36-37(29)2)38(20-23)32(40)28-17-26(19-33-28)24-9-4-3-5-10-24/h3-13,15,23,26,28,30,33H,14,16-20H2,1-2H3,(H,34,39)/t23-,26-,28-,30+/m1/s1. The molecule has 8 nitrogen and oxygen atoms in total. The van der Waals surface area contributed by atoms with Gasteiger partial charge in [-0.05, 0) is 72.4 Å². The molecule has 2 amide bonds. The van der Waals surface area contributed by atoms with E-state index >= 15 is 0 Å². The highest BCUT2D eigenvalue weighted by atomic mass is 16.2. The maximum Gasteiger partial charge on any atom is 0.243 e. The van der Waals surface area contributed by atoms with Gasteiger partial charge in [-0.1, -0.05) is 65.9 Å². The minimum Gasteiger partial charge on any atom is -0.350 e. The summed E-state index contributed by atoms with van der Waals surface area (Å²) in [5.74, 6) is 0.455. The Kier molecular flexibility index (Phi) is 7.34. The molecule has 0 unspecified atom stereocenters. The van der Waals surface area contributed by atoms with Crippen molar-refractivity contribution in [1.29, 1.82) is 0 Å². The SMILES string of the molecule is Cc1ccccc1C[C@@H]1C[C@@H](C(=O)NCc2ccc3c(c2)nnn3C)N(C(=O)[C@H]2C[C@@H](c3ccccc3)CN2)C1. The molecular formula is C32H36N6O2. The molecule has 0 spiro atoms. The first kappa shape index (κ1) is 26.2. The van der Waals surface area contributed by atoms with Crippen LogP contribution in [0.2, 0.25) is 0 Å². The number of aryl methyl sites for hydroxylation is 2. The molecule has 2 saturated heterocycles. The molecule has 3 heterocycles. The number of likely N-dealkylation sites (tertiary alicyclic amines) is 1. The van der Waals surface area contributed by atoms with Crippen molar-refractivity contribution in [2.45, 2.75) is 50.7 Å². The van der Waals surface area contributed by atoms with Gasteiger partial charge >= 0.3 is 0 Å². The highest BCUT2D eigenvalue weighted by Crippen LogP contribution is 2.32. The molecule has 2 aliphatic heterocycles. The first-order valence-electron chi connectivity index (χ1n) is 14.2. The van der Waals surface area contributed by atoms with E-state index < -0.39 is 6.04 Å². The van der Waals surface area contributed by atoms with Crippen LogP contribution >= 0.6 is 0 Å². The summed E-state index contributed by atoms with van der Waals surface area (Å²) in [5, 5.41) is 14.8. The van der Waals surface area contributed by atoms with Gasteiger partial charge in [-0.3, -0.25) is 9.59 Å². The zero-order valence-corrected chi connectivity index (χ0v) is 23.1. The van der Waals surface area contributed by atoms with E-state index in [2.05, 4.69) is 58.2 Å². The predicted molar refractivity (Wildman–Crippen MR) is 154 cm³/mol. The van der Waals surface area contributed by atoms with Gasteiger partial charge in [-0.25, -0.2) is 4.68 Å². The molecule has 0 saturated carbocycles. The van der Waals surface area contributed by atoms with Crippen molar-refractivity contribution in [2.75, 3.05) is 13.1 Å². The van der Waals surface area contributed by atoms with Crippen LogP contribution < -0.4 is 10.6 Å². The van der Waals surface area contributed by atoms with Gasteiger partial charge in [0.2, 0.25) is 11.8 Å². The Hall–Kier alpha value is -4.04. The number of rotatable bonds is 7.